The summed E-state index contributed by atoms with van der Waals surface area (Å²) in [5.74, 6) is 1.60. The van der Waals surface area contributed by atoms with E-state index in [9.17, 15) is 0 Å². The van der Waals surface area contributed by atoms with Crippen molar-refractivity contribution in [1.29, 1.82) is 0 Å². The van der Waals surface area contributed by atoms with Crippen molar-refractivity contribution in [3.05, 3.63) is 264 Å². The van der Waals surface area contributed by atoms with Gasteiger partial charge >= 0.3 is 0 Å². The van der Waals surface area contributed by atoms with Gasteiger partial charge in [-0.1, -0.05) is 146 Å². The van der Waals surface area contributed by atoms with Gasteiger partial charge in [0.05, 0.1) is 22.8 Å². The monoisotopic (exact) mass is 868 g/mol. The molecule has 6 heteroatoms. The summed E-state index contributed by atoms with van der Waals surface area (Å²) in [5, 5.41) is 0. The van der Waals surface area contributed by atoms with Crippen LogP contribution in [-0.2, 0) is 0 Å². The van der Waals surface area contributed by atoms with E-state index in [4.69, 9.17) is 19.9 Å². The highest BCUT2D eigenvalue weighted by molar-refractivity contribution is 5.81. The maximum atomic E-state index is 5.13. The van der Waals surface area contributed by atoms with Crippen LogP contribution in [0.2, 0.25) is 0 Å². The van der Waals surface area contributed by atoms with Gasteiger partial charge < -0.3 is 0 Å². The van der Waals surface area contributed by atoms with Crippen LogP contribution in [0.3, 0.4) is 0 Å². The molecule has 0 spiro atoms. The Bertz CT molecular complexity index is 3330. The first-order chi connectivity index (χ1) is 33.7. The Morgan fingerprint density at radius 3 is 1.01 bits per heavy atom. The predicted octanol–water partition coefficient (Wildman–Crippen LogP) is 14.4. The van der Waals surface area contributed by atoms with Crippen LogP contribution in [0, 0.1) is 0 Å². The molecule has 6 nitrogen and oxygen atoms in total. The molecule has 0 fully saturated rings. The minimum Gasteiger partial charge on any atom is -0.264 e. The standard InChI is InChI=1S/C62H40N6/c1-3-13-39(14-4-1)61-65-55(35-57(67-61)47-21-11-29-63-37-47)45-19-9-17-41(31-45)43-25-27-51-53(33-43)59-49-23-7-8-24-50(49)60(51)54-34-44(26-28-52(54)59)42-18-10-20-46(32-42)56-36-58(48-22-12-30-64-38-48)68-62(66-56)40-15-5-2-6-16-40/h1-38,59-60H. The molecule has 3 aliphatic rings. The van der Waals surface area contributed by atoms with Gasteiger partial charge in [-0.15, -0.1) is 0 Å². The van der Waals surface area contributed by atoms with E-state index in [1.807, 2.05) is 73.1 Å². The molecule has 0 amide bonds. The molecule has 2 unspecified atom stereocenters. The molecule has 318 valence electrons. The zero-order valence-electron chi connectivity index (χ0n) is 36.8. The Balaban J connectivity index is 0.867. The fourth-order valence-electron chi connectivity index (χ4n) is 10.2. The Morgan fingerprint density at radius 1 is 0.235 bits per heavy atom. The second-order valence-electron chi connectivity index (χ2n) is 17.5. The lowest BCUT2D eigenvalue weighted by molar-refractivity contribution is 0.755. The van der Waals surface area contributed by atoms with Gasteiger partial charge in [0, 0.05) is 70.0 Å². The van der Waals surface area contributed by atoms with Crippen LogP contribution in [0.1, 0.15) is 45.2 Å². The zero-order valence-corrected chi connectivity index (χ0v) is 36.8. The molecule has 68 heavy (non-hydrogen) atoms. The molecule has 11 aromatic rings. The van der Waals surface area contributed by atoms with Crippen molar-refractivity contribution in [2.75, 3.05) is 0 Å². The Kier molecular flexibility index (Phi) is 9.53. The van der Waals surface area contributed by atoms with Crippen LogP contribution in [0.5, 0.6) is 0 Å². The minimum atomic E-state index is 0.116. The topological polar surface area (TPSA) is 77.3 Å². The summed E-state index contributed by atoms with van der Waals surface area (Å²) in [5.41, 5.74) is 22.2. The molecule has 14 rings (SSSR count). The highest BCUT2D eigenvalue weighted by Crippen LogP contribution is 2.57. The largest absolute Gasteiger partial charge is 0.264 e. The van der Waals surface area contributed by atoms with Gasteiger partial charge in [0.2, 0.25) is 0 Å². The van der Waals surface area contributed by atoms with Gasteiger partial charge in [-0.2, -0.15) is 0 Å². The van der Waals surface area contributed by atoms with E-state index in [0.717, 1.165) is 67.3 Å². The van der Waals surface area contributed by atoms with Crippen LogP contribution < -0.4 is 0 Å². The number of nitrogens with zero attached hydrogens (tertiary/aromatic N) is 6. The molecule has 4 aromatic heterocycles. The molecule has 0 saturated heterocycles. The second kappa shape index (κ2) is 16.5. The molecular weight excluding hydrogens is 829 g/mol. The van der Waals surface area contributed by atoms with Gasteiger partial charge in [0.1, 0.15) is 0 Å². The average Bonchev–Trinajstić information content (AvgIpc) is 3.43. The molecule has 4 heterocycles. The van der Waals surface area contributed by atoms with Gasteiger partial charge in [0.15, 0.2) is 11.6 Å². The summed E-state index contributed by atoms with van der Waals surface area (Å²) in [4.78, 5) is 29.0. The average molecular weight is 869 g/mol. The first kappa shape index (κ1) is 39.4. The summed E-state index contributed by atoms with van der Waals surface area (Å²) in [7, 11) is 0. The predicted molar refractivity (Wildman–Crippen MR) is 271 cm³/mol. The quantitative estimate of drug-likeness (QED) is 0.151. The van der Waals surface area contributed by atoms with Crippen LogP contribution in [0.25, 0.3) is 90.1 Å². The third-order valence-corrected chi connectivity index (χ3v) is 13.4. The molecular formula is C62H40N6. The molecule has 0 aliphatic heterocycles. The third kappa shape index (κ3) is 6.98. The van der Waals surface area contributed by atoms with Crippen molar-refractivity contribution < 1.29 is 0 Å². The van der Waals surface area contributed by atoms with Crippen molar-refractivity contribution in [3.63, 3.8) is 0 Å². The highest BCUT2D eigenvalue weighted by atomic mass is 14.9. The maximum absolute atomic E-state index is 5.13. The first-order valence-electron chi connectivity index (χ1n) is 23.0. The van der Waals surface area contributed by atoms with Gasteiger partial charge in [-0.25, -0.2) is 19.9 Å². The van der Waals surface area contributed by atoms with Gasteiger partial charge in [-0.05, 0) is 116 Å². The van der Waals surface area contributed by atoms with E-state index >= 15 is 0 Å². The second-order valence-corrected chi connectivity index (χ2v) is 17.5. The molecule has 7 aromatic carbocycles. The third-order valence-electron chi connectivity index (χ3n) is 13.4. The lowest BCUT2D eigenvalue weighted by atomic mass is 9.60. The van der Waals surface area contributed by atoms with Crippen LogP contribution in [0.15, 0.2) is 231 Å². The summed E-state index contributed by atoms with van der Waals surface area (Å²) < 4.78 is 0. The SMILES string of the molecule is c1ccc(-c2nc(-c3cccnc3)cc(-c3cccc(-c4ccc5c(c4)C4c6ccccc6C5c5cc(-c6cccc(-c7cc(-c8cccnc8)nc(-c8ccccc8)n7)c6)ccc54)c3)n2)cc1. The van der Waals surface area contributed by atoms with Crippen LogP contribution >= 0.6 is 0 Å². The number of benzene rings is 7. The highest BCUT2D eigenvalue weighted by Gasteiger charge is 2.41. The van der Waals surface area contributed by atoms with Crippen LogP contribution in [0.4, 0.5) is 0 Å². The Morgan fingerprint density at radius 2 is 0.588 bits per heavy atom. The zero-order chi connectivity index (χ0) is 45.0. The number of pyridine rings is 2. The first-order valence-corrected chi connectivity index (χ1v) is 23.0. The molecule has 0 N–H and O–H groups in total. The Labute approximate surface area is 394 Å². The normalized spacial score (nSPS) is 14.2. The van der Waals surface area contributed by atoms with Crippen molar-refractivity contribution >= 4 is 0 Å². The summed E-state index contributed by atoms with van der Waals surface area (Å²) in [6.45, 7) is 0. The summed E-state index contributed by atoms with van der Waals surface area (Å²) in [6.07, 6.45) is 7.29. The fraction of sp³-hybridized carbons (Fsp3) is 0.0323. The smallest absolute Gasteiger partial charge is 0.160 e. The molecule has 2 bridgehead atoms. The van der Waals surface area contributed by atoms with E-state index in [1.165, 1.54) is 44.5 Å². The van der Waals surface area contributed by atoms with E-state index in [2.05, 4.69) is 156 Å². The number of hydrogen-bond donors (Lipinski definition) is 0. The van der Waals surface area contributed by atoms with Crippen molar-refractivity contribution in [2.24, 2.45) is 0 Å². The van der Waals surface area contributed by atoms with E-state index in [1.54, 1.807) is 12.4 Å². The van der Waals surface area contributed by atoms with Crippen molar-refractivity contribution in [2.45, 2.75) is 11.8 Å². The van der Waals surface area contributed by atoms with E-state index in [-0.39, 0.29) is 11.8 Å². The van der Waals surface area contributed by atoms with Crippen molar-refractivity contribution in [3.8, 4) is 90.1 Å². The van der Waals surface area contributed by atoms with Gasteiger partial charge in [-0.3, -0.25) is 9.97 Å². The van der Waals surface area contributed by atoms with Crippen molar-refractivity contribution in [1.82, 2.24) is 29.9 Å². The number of hydrogen-bond acceptors (Lipinski definition) is 6. The summed E-state index contributed by atoms with van der Waals surface area (Å²) in [6, 6.07) is 73.2. The summed E-state index contributed by atoms with van der Waals surface area (Å²) >= 11 is 0. The number of rotatable bonds is 8. The molecule has 0 radical (unpaired) electrons. The fourth-order valence-corrected chi connectivity index (χ4v) is 10.2. The van der Waals surface area contributed by atoms with E-state index < -0.39 is 0 Å². The minimum absolute atomic E-state index is 0.116. The maximum Gasteiger partial charge on any atom is 0.160 e. The molecule has 2 atom stereocenters. The molecule has 0 saturated carbocycles. The Hall–Kier alpha value is -9.00. The number of aromatic nitrogens is 6. The lowest BCUT2D eigenvalue weighted by Gasteiger charge is -2.42. The van der Waals surface area contributed by atoms with E-state index in [0.29, 0.717) is 11.6 Å². The molecule has 3 aliphatic carbocycles. The lowest BCUT2D eigenvalue weighted by Crippen LogP contribution is -2.27. The van der Waals surface area contributed by atoms with Gasteiger partial charge in [0.25, 0.3) is 0 Å². The van der Waals surface area contributed by atoms with Crippen LogP contribution in [-0.4, -0.2) is 29.9 Å².